The van der Waals surface area contributed by atoms with Gasteiger partial charge in [-0.15, -0.1) is 0 Å². The maximum atomic E-state index is 13.1. The van der Waals surface area contributed by atoms with E-state index >= 15 is 0 Å². The molecule has 0 bridgehead atoms. The Hall–Kier alpha value is -3.04. The van der Waals surface area contributed by atoms with Crippen molar-refractivity contribution in [3.05, 3.63) is 71.5 Å². The van der Waals surface area contributed by atoms with Crippen LogP contribution in [-0.4, -0.2) is 36.4 Å². The Morgan fingerprint density at radius 1 is 1.23 bits per heavy atom. The summed E-state index contributed by atoms with van der Waals surface area (Å²) < 4.78 is 43.8. The van der Waals surface area contributed by atoms with E-state index in [4.69, 9.17) is 4.42 Å². The molecular weight excluding hydrogens is 421 g/mol. The normalized spacial score (nSPS) is 14.3. The van der Waals surface area contributed by atoms with E-state index in [1.54, 1.807) is 18.3 Å². The molecule has 9 heteroatoms. The molecule has 3 aromatic rings. The third-order valence-corrected chi connectivity index (χ3v) is 6.47. The molecule has 0 fully saturated rings. The van der Waals surface area contributed by atoms with E-state index in [2.05, 4.69) is 10.3 Å². The van der Waals surface area contributed by atoms with Gasteiger partial charge in [-0.1, -0.05) is 12.1 Å². The van der Waals surface area contributed by atoms with Crippen molar-refractivity contribution in [3.63, 3.8) is 0 Å². The lowest BCUT2D eigenvalue weighted by Crippen LogP contribution is -2.35. The molecule has 0 saturated carbocycles. The van der Waals surface area contributed by atoms with Crippen molar-refractivity contribution in [2.75, 3.05) is 18.1 Å². The molecule has 1 aliphatic heterocycles. The minimum Gasteiger partial charge on any atom is -0.441 e. The lowest BCUT2D eigenvalue weighted by molar-refractivity contribution is -0.116. The number of benzene rings is 2. The van der Waals surface area contributed by atoms with Gasteiger partial charge in [0.2, 0.25) is 15.9 Å². The van der Waals surface area contributed by atoms with Crippen LogP contribution in [0.3, 0.4) is 0 Å². The number of nitrogens with one attached hydrogen (secondary N) is 1. The first-order valence-corrected chi connectivity index (χ1v) is 11.7. The second-order valence-electron chi connectivity index (χ2n) is 7.46. The Labute approximate surface area is 180 Å². The summed E-state index contributed by atoms with van der Waals surface area (Å²) in [6.07, 6.45) is 3.81. The van der Waals surface area contributed by atoms with Crippen LogP contribution in [0.5, 0.6) is 0 Å². The van der Waals surface area contributed by atoms with Crippen molar-refractivity contribution in [2.24, 2.45) is 0 Å². The molecule has 0 radical (unpaired) electrons. The van der Waals surface area contributed by atoms with Gasteiger partial charge >= 0.3 is 0 Å². The van der Waals surface area contributed by atoms with Gasteiger partial charge in [0.1, 0.15) is 5.82 Å². The van der Waals surface area contributed by atoms with Crippen molar-refractivity contribution in [3.8, 4) is 11.3 Å². The van der Waals surface area contributed by atoms with Crippen LogP contribution in [0.1, 0.15) is 23.4 Å². The maximum absolute atomic E-state index is 13.1. The van der Waals surface area contributed by atoms with Crippen LogP contribution < -0.4 is 5.32 Å². The zero-order chi connectivity index (χ0) is 22.0. The Kier molecular flexibility index (Phi) is 5.88. The number of hydrogen-bond acceptors (Lipinski definition) is 5. The van der Waals surface area contributed by atoms with Crippen molar-refractivity contribution in [2.45, 2.75) is 25.8 Å². The molecule has 4 rings (SSSR count). The summed E-state index contributed by atoms with van der Waals surface area (Å²) in [5.74, 6) is 0.434. The molecule has 1 aliphatic rings. The minimum atomic E-state index is -3.25. The van der Waals surface area contributed by atoms with Crippen LogP contribution in [0.2, 0.25) is 0 Å². The Morgan fingerprint density at radius 3 is 2.74 bits per heavy atom. The number of carbonyl (C=O) groups is 1. The van der Waals surface area contributed by atoms with Gasteiger partial charge in [0.05, 0.1) is 12.5 Å². The molecule has 1 N–H and O–H groups in total. The second-order valence-corrected chi connectivity index (χ2v) is 9.45. The molecule has 0 spiro atoms. The number of rotatable bonds is 6. The van der Waals surface area contributed by atoms with E-state index in [1.165, 1.54) is 22.7 Å². The fraction of sp³-hybridized carbons (Fsp3) is 0.273. The average Bonchev–Trinajstić information content (AvgIpc) is 3.21. The number of aryl methyl sites for hydroxylation is 1. The molecule has 0 unspecified atom stereocenters. The number of fused-ring (bicyclic) bond motifs is 1. The summed E-state index contributed by atoms with van der Waals surface area (Å²) in [6, 6.07) is 11.4. The highest BCUT2D eigenvalue weighted by atomic mass is 32.2. The lowest BCUT2D eigenvalue weighted by atomic mass is 9.99. The summed E-state index contributed by atoms with van der Waals surface area (Å²) in [6.45, 7) is 0.696. The zero-order valence-corrected chi connectivity index (χ0v) is 17.8. The molecular formula is C22H22FN3O4S. The van der Waals surface area contributed by atoms with Gasteiger partial charge in [-0.05, 0) is 47.9 Å². The third kappa shape index (κ3) is 5.00. The van der Waals surface area contributed by atoms with E-state index in [9.17, 15) is 17.6 Å². The van der Waals surface area contributed by atoms with Gasteiger partial charge in [-0.2, -0.15) is 4.31 Å². The summed E-state index contributed by atoms with van der Waals surface area (Å²) >= 11 is 0. The number of halogens is 1. The first kappa shape index (κ1) is 21.2. The van der Waals surface area contributed by atoms with E-state index in [0.29, 0.717) is 48.8 Å². The van der Waals surface area contributed by atoms with Crippen molar-refractivity contribution in [1.82, 2.24) is 9.29 Å². The quantitative estimate of drug-likeness (QED) is 0.631. The first-order chi connectivity index (χ1) is 14.8. The van der Waals surface area contributed by atoms with Crippen LogP contribution in [-0.2, 0) is 34.2 Å². The number of sulfonamides is 1. The number of amides is 1. The number of anilines is 1. The van der Waals surface area contributed by atoms with E-state index in [0.717, 1.165) is 11.1 Å². The predicted molar refractivity (Wildman–Crippen MR) is 114 cm³/mol. The molecule has 1 aromatic heterocycles. The SMILES string of the molecule is CS(=O)(=O)N1CCc2c(cccc2NC(=O)CCc2ncc(-c3ccc(F)cc3)o2)C1. The highest BCUT2D eigenvalue weighted by Crippen LogP contribution is 2.27. The van der Waals surface area contributed by atoms with Gasteiger partial charge in [0, 0.05) is 37.2 Å². The van der Waals surface area contributed by atoms with Crippen LogP contribution in [0.4, 0.5) is 10.1 Å². The monoisotopic (exact) mass is 443 g/mol. The Balaban J connectivity index is 1.38. The van der Waals surface area contributed by atoms with Gasteiger partial charge in [0.15, 0.2) is 11.7 Å². The van der Waals surface area contributed by atoms with Crippen LogP contribution in [0.15, 0.2) is 53.1 Å². The lowest BCUT2D eigenvalue weighted by Gasteiger charge is -2.28. The molecule has 0 atom stereocenters. The average molecular weight is 444 g/mol. The molecule has 2 aromatic carbocycles. The van der Waals surface area contributed by atoms with Gasteiger partial charge in [-0.3, -0.25) is 4.79 Å². The summed E-state index contributed by atoms with van der Waals surface area (Å²) in [5.41, 5.74) is 3.27. The molecule has 0 aliphatic carbocycles. The van der Waals surface area contributed by atoms with Crippen LogP contribution >= 0.6 is 0 Å². The fourth-order valence-corrected chi connectivity index (χ4v) is 4.39. The molecule has 162 valence electrons. The maximum Gasteiger partial charge on any atom is 0.224 e. The largest absolute Gasteiger partial charge is 0.441 e. The topological polar surface area (TPSA) is 92.5 Å². The van der Waals surface area contributed by atoms with Crippen molar-refractivity contribution >= 4 is 21.6 Å². The van der Waals surface area contributed by atoms with Crippen LogP contribution in [0.25, 0.3) is 11.3 Å². The smallest absolute Gasteiger partial charge is 0.224 e. The fourth-order valence-electron chi connectivity index (χ4n) is 3.59. The molecule has 0 saturated heterocycles. The predicted octanol–water partition coefficient (Wildman–Crippen LogP) is 3.37. The highest BCUT2D eigenvalue weighted by molar-refractivity contribution is 7.88. The summed E-state index contributed by atoms with van der Waals surface area (Å²) in [4.78, 5) is 16.7. The number of aromatic nitrogens is 1. The van der Waals surface area contributed by atoms with Crippen LogP contribution in [0, 0.1) is 5.82 Å². The Morgan fingerprint density at radius 2 is 2.00 bits per heavy atom. The second kappa shape index (κ2) is 8.60. The van der Waals surface area contributed by atoms with E-state index in [-0.39, 0.29) is 18.1 Å². The number of hydrogen-bond donors (Lipinski definition) is 1. The molecule has 2 heterocycles. The minimum absolute atomic E-state index is 0.180. The van der Waals surface area contributed by atoms with Gasteiger partial charge in [0.25, 0.3) is 0 Å². The number of oxazole rings is 1. The van der Waals surface area contributed by atoms with Crippen molar-refractivity contribution < 1.29 is 22.0 Å². The number of nitrogens with zero attached hydrogens (tertiary/aromatic N) is 2. The van der Waals surface area contributed by atoms with Gasteiger partial charge in [-0.25, -0.2) is 17.8 Å². The Bertz CT molecular complexity index is 1210. The van der Waals surface area contributed by atoms with Crippen molar-refractivity contribution in [1.29, 1.82) is 0 Å². The number of carbonyl (C=O) groups excluding carboxylic acids is 1. The molecule has 7 nitrogen and oxygen atoms in total. The summed E-state index contributed by atoms with van der Waals surface area (Å²) in [7, 11) is -3.25. The van der Waals surface area contributed by atoms with E-state index < -0.39 is 10.0 Å². The standard InChI is InChI=1S/C22H22FN3O4S/c1-31(28,29)26-12-11-18-16(14-26)3-2-4-19(18)25-21(27)9-10-22-24-13-20(30-22)15-5-7-17(23)8-6-15/h2-8,13H,9-12,14H2,1H3,(H,25,27). The summed E-state index contributed by atoms with van der Waals surface area (Å²) in [5, 5.41) is 2.92. The van der Waals surface area contributed by atoms with Gasteiger partial charge < -0.3 is 9.73 Å². The third-order valence-electron chi connectivity index (χ3n) is 5.22. The zero-order valence-electron chi connectivity index (χ0n) is 17.0. The molecule has 1 amide bonds. The van der Waals surface area contributed by atoms with E-state index in [1.807, 2.05) is 18.2 Å². The first-order valence-electron chi connectivity index (χ1n) is 9.86. The molecule has 31 heavy (non-hydrogen) atoms. The highest BCUT2D eigenvalue weighted by Gasteiger charge is 2.25.